The average molecular weight is 267 g/mol. The molecule has 0 aliphatic rings. The fourth-order valence-electron chi connectivity index (χ4n) is 1.82. The molecule has 0 N–H and O–H groups in total. The van der Waals surface area contributed by atoms with Gasteiger partial charge in [-0.25, -0.2) is 4.98 Å². The number of esters is 1. The molecule has 0 atom stereocenters. The predicted molar refractivity (Wildman–Crippen MR) is 73.3 cm³/mol. The van der Waals surface area contributed by atoms with E-state index in [1.807, 2.05) is 13.8 Å². The average Bonchev–Trinajstić information content (AvgIpc) is 2.41. The van der Waals surface area contributed by atoms with Gasteiger partial charge >= 0.3 is 5.97 Å². The zero-order valence-electron chi connectivity index (χ0n) is 11.8. The van der Waals surface area contributed by atoms with Crippen molar-refractivity contribution in [2.24, 2.45) is 0 Å². The molecule has 0 fully saturated rings. The first-order valence-electron chi connectivity index (χ1n) is 6.51. The number of ether oxygens (including phenoxy) is 1. The Hall–Kier alpha value is -1.85. The summed E-state index contributed by atoms with van der Waals surface area (Å²) in [4.78, 5) is 29.4. The number of nitrogens with zero attached hydrogens (tertiary/aromatic N) is 3. The van der Waals surface area contributed by atoms with Crippen LogP contribution in [0, 0.1) is 0 Å². The molecule has 19 heavy (non-hydrogen) atoms. The van der Waals surface area contributed by atoms with Crippen LogP contribution >= 0.6 is 0 Å². The number of hydrogen-bond donors (Lipinski definition) is 0. The Kier molecular flexibility index (Phi) is 6.05. The minimum absolute atomic E-state index is 0.0444. The van der Waals surface area contributed by atoms with Crippen molar-refractivity contribution in [1.82, 2.24) is 9.55 Å². The Morgan fingerprint density at radius 3 is 2.74 bits per heavy atom. The molecule has 0 aliphatic carbocycles. The van der Waals surface area contributed by atoms with Crippen LogP contribution in [0.1, 0.15) is 26.7 Å². The normalized spacial score (nSPS) is 10.3. The molecule has 0 spiro atoms. The summed E-state index contributed by atoms with van der Waals surface area (Å²) in [5.74, 6) is -0.0660. The number of anilines is 1. The second-order valence-electron chi connectivity index (χ2n) is 4.25. The van der Waals surface area contributed by atoms with Crippen LogP contribution in [0.15, 0.2) is 17.2 Å². The van der Waals surface area contributed by atoms with Gasteiger partial charge in [0.15, 0.2) is 5.82 Å². The van der Waals surface area contributed by atoms with Gasteiger partial charge < -0.3 is 14.2 Å². The van der Waals surface area contributed by atoms with E-state index in [-0.39, 0.29) is 18.1 Å². The van der Waals surface area contributed by atoms with Crippen molar-refractivity contribution in [3.8, 4) is 0 Å². The maximum absolute atomic E-state index is 12.3. The lowest BCUT2D eigenvalue weighted by Gasteiger charge is -2.21. The molecule has 0 saturated heterocycles. The number of methoxy groups -OCH3 is 1. The third-order valence-corrected chi connectivity index (χ3v) is 2.70. The maximum Gasteiger partial charge on any atom is 0.325 e. The Balaban J connectivity index is 3.04. The first kappa shape index (κ1) is 15.2. The van der Waals surface area contributed by atoms with Crippen LogP contribution in [0.3, 0.4) is 0 Å². The summed E-state index contributed by atoms with van der Waals surface area (Å²) in [6.45, 7) is 5.27. The highest BCUT2D eigenvalue weighted by Crippen LogP contribution is 2.05. The fourth-order valence-corrected chi connectivity index (χ4v) is 1.82. The lowest BCUT2D eigenvalue weighted by Crippen LogP contribution is -2.37. The van der Waals surface area contributed by atoms with Gasteiger partial charge in [-0.3, -0.25) is 9.59 Å². The number of aryl methyl sites for hydroxylation is 1. The summed E-state index contributed by atoms with van der Waals surface area (Å²) in [5, 5.41) is 0. The van der Waals surface area contributed by atoms with E-state index >= 15 is 0 Å². The summed E-state index contributed by atoms with van der Waals surface area (Å²) in [5.41, 5.74) is -0.165. The van der Waals surface area contributed by atoms with Crippen molar-refractivity contribution in [2.75, 3.05) is 25.1 Å². The van der Waals surface area contributed by atoms with E-state index in [1.165, 1.54) is 7.11 Å². The first-order valence-corrected chi connectivity index (χ1v) is 6.51. The maximum atomic E-state index is 12.3. The van der Waals surface area contributed by atoms with Crippen molar-refractivity contribution in [3.63, 3.8) is 0 Å². The van der Waals surface area contributed by atoms with Crippen LogP contribution in [0.4, 0.5) is 5.82 Å². The van der Waals surface area contributed by atoms with E-state index in [0.29, 0.717) is 18.9 Å². The van der Waals surface area contributed by atoms with E-state index in [2.05, 4.69) is 9.72 Å². The molecule has 1 aromatic heterocycles. The molecule has 0 aliphatic heterocycles. The zero-order valence-corrected chi connectivity index (χ0v) is 11.8. The third-order valence-electron chi connectivity index (χ3n) is 2.70. The van der Waals surface area contributed by atoms with Crippen LogP contribution in [0.25, 0.3) is 0 Å². The smallest absolute Gasteiger partial charge is 0.325 e. The quantitative estimate of drug-likeness (QED) is 0.691. The molecule has 6 heteroatoms. The molecule has 106 valence electrons. The largest absolute Gasteiger partial charge is 0.468 e. The minimum atomic E-state index is -0.374. The van der Waals surface area contributed by atoms with Crippen molar-refractivity contribution >= 4 is 11.8 Å². The van der Waals surface area contributed by atoms with Gasteiger partial charge in [-0.2, -0.15) is 0 Å². The number of carbonyl (C=O) groups excluding carboxylic acids is 1. The van der Waals surface area contributed by atoms with Gasteiger partial charge in [-0.05, 0) is 12.8 Å². The van der Waals surface area contributed by atoms with Gasteiger partial charge in [0.2, 0.25) is 0 Å². The molecule has 1 aromatic rings. The molecule has 0 aromatic carbocycles. The minimum Gasteiger partial charge on any atom is -0.468 e. The molecule has 0 saturated carbocycles. The summed E-state index contributed by atoms with van der Waals surface area (Å²) >= 11 is 0. The van der Waals surface area contributed by atoms with E-state index < -0.39 is 0 Å². The first-order chi connectivity index (χ1) is 9.13. The van der Waals surface area contributed by atoms with Crippen molar-refractivity contribution < 1.29 is 9.53 Å². The monoisotopic (exact) mass is 267 g/mol. The second kappa shape index (κ2) is 7.56. The summed E-state index contributed by atoms with van der Waals surface area (Å²) in [6, 6.07) is 0. The van der Waals surface area contributed by atoms with Crippen molar-refractivity contribution in [3.05, 3.63) is 22.7 Å². The van der Waals surface area contributed by atoms with E-state index in [0.717, 1.165) is 12.8 Å². The Morgan fingerprint density at radius 2 is 2.16 bits per heavy atom. The molecule has 0 unspecified atom stereocenters. The molecular formula is C13H21N3O3. The van der Waals surface area contributed by atoms with Crippen LogP contribution < -0.4 is 10.5 Å². The fraction of sp³-hybridized carbons (Fsp3) is 0.615. The van der Waals surface area contributed by atoms with Crippen LogP contribution in [0.5, 0.6) is 0 Å². The second-order valence-corrected chi connectivity index (χ2v) is 4.25. The summed E-state index contributed by atoms with van der Waals surface area (Å²) in [6.07, 6.45) is 4.94. The van der Waals surface area contributed by atoms with Crippen molar-refractivity contribution in [2.45, 2.75) is 33.2 Å². The predicted octanol–water partition coefficient (Wildman–Crippen LogP) is 1.04. The molecule has 0 bridgehead atoms. The van der Waals surface area contributed by atoms with Gasteiger partial charge in [-0.1, -0.05) is 13.8 Å². The summed E-state index contributed by atoms with van der Waals surface area (Å²) < 4.78 is 6.26. The molecular weight excluding hydrogens is 246 g/mol. The summed E-state index contributed by atoms with van der Waals surface area (Å²) in [7, 11) is 1.33. The lowest BCUT2D eigenvalue weighted by molar-refractivity contribution is -0.138. The lowest BCUT2D eigenvalue weighted by atomic mass is 10.4. The number of aromatic nitrogens is 2. The van der Waals surface area contributed by atoms with Gasteiger partial charge in [-0.15, -0.1) is 0 Å². The Labute approximate surface area is 113 Å². The van der Waals surface area contributed by atoms with Gasteiger partial charge in [0, 0.05) is 25.5 Å². The zero-order chi connectivity index (χ0) is 14.3. The number of hydrogen-bond acceptors (Lipinski definition) is 5. The van der Waals surface area contributed by atoms with E-state index in [4.69, 9.17) is 0 Å². The molecule has 6 nitrogen and oxygen atoms in total. The Bertz CT molecular complexity index is 470. The Morgan fingerprint density at radius 1 is 1.42 bits per heavy atom. The standard InChI is InChI=1S/C13H21N3O3/c1-4-7-15-9-6-14-12(13(15)18)16(8-5-2)10-11(17)19-3/h6,9H,4-5,7-8,10H2,1-3H3. The highest BCUT2D eigenvalue weighted by molar-refractivity contribution is 5.75. The number of carbonyl (C=O) groups is 1. The third kappa shape index (κ3) is 4.08. The topological polar surface area (TPSA) is 64.4 Å². The van der Waals surface area contributed by atoms with Gasteiger partial charge in [0.1, 0.15) is 6.54 Å². The van der Waals surface area contributed by atoms with Crippen LogP contribution in [0.2, 0.25) is 0 Å². The molecule has 1 rings (SSSR count). The van der Waals surface area contributed by atoms with Crippen LogP contribution in [-0.2, 0) is 16.1 Å². The molecule has 0 radical (unpaired) electrons. The van der Waals surface area contributed by atoms with Gasteiger partial charge in [0.25, 0.3) is 5.56 Å². The molecule has 0 amide bonds. The van der Waals surface area contributed by atoms with E-state index in [9.17, 15) is 9.59 Å². The van der Waals surface area contributed by atoms with E-state index in [1.54, 1.807) is 21.9 Å². The molecule has 1 heterocycles. The highest BCUT2D eigenvalue weighted by Gasteiger charge is 2.16. The van der Waals surface area contributed by atoms with Crippen LogP contribution in [-0.4, -0.2) is 35.7 Å². The number of rotatable bonds is 7. The SMILES string of the molecule is CCCN(CC(=O)OC)c1nccn(CCC)c1=O. The highest BCUT2D eigenvalue weighted by atomic mass is 16.5. The van der Waals surface area contributed by atoms with Gasteiger partial charge in [0.05, 0.1) is 7.11 Å². The van der Waals surface area contributed by atoms with Crippen molar-refractivity contribution in [1.29, 1.82) is 0 Å².